The Bertz CT molecular complexity index is 1820. The summed E-state index contributed by atoms with van der Waals surface area (Å²) in [5.74, 6) is -4.14. The smallest absolute Gasteiger partial charge is 0.241 e. The van der Waals surface area contributed by atoms with Gasteiger partial charge in [0.25, 0.3) is 0 Å². The molecule has 2 aliphatic heterocycles. The van der Waals surface area contributed by atoms with Gasteiger partial charge in [0.2, 0.25) is 23.6 Å². The number of nitrogens with zero attached hydrogens (tertiary/aromatic N) is 2. The topological polar surface area (TPSA) is 112 Å². The number of fused-ring (bicyclic) bond motifs is 4. The molecule has 3 aromatic rings. The van der Waals surface area contributed by atoms with E-state index in [2.05, 4.69) is 0 Å². The number of aryl methyl sites for hydroxylation is 2. The second kappa shape index (κ2) is 10.1. The summed E-state index contributed by atoms with van der Waals surface area (Å²) in [5.41, 5.74) is 3.26. The Morgan fingerprint density at radius 3 is 2.07 bits per heavy atom. The normalized spacial score (nSPS) is 29.0. The number of hydrogen-bond acceptors (Lipinski definition) is 6. The van der Waals surface area contributed by atoms with Gasteiger partial charge < -0.3 is 5.11 Å². The van der Waals surface area contributed by atoms with Gasteiger partial charge in [-0.15, -0.1) is 0 Å². The van der Waals surface area contributed by atoms with Crippen molar-refractivity contribution in [1.29, 1.82) is 0 Å². The van der Waals surface area contributed by atoms with E-state index in [-0.39, 0.29) is 41.6 Å². The Morgan fingerprint density at radius 2 is 1.44 bits per heavy atom. The number of Topliss-reactive ketones (excluding diaryl/α,β-unsaturated/α-hetero) is 1. The van der Waals surface area contributed by atoms with E-state index in [9.17, 15) is 29.1 Å². The zero-order valence-electron chi connectivity index (χ0n) is 25.6. The predicted octanol–water partition coefficient (Wildman–Crippen LogP) is 5.65. The van der Waals surface area contributed by atoms with Gasteiger partial charge in [-0.25, -0.2) is 4.90 Å². The van der Waals surface area contributed by atoms with Gasteiger partial charge in [-0.3, -0.25) is 28.9 Å². The van der Waals surface area contributed by atoms with Crippen LogP contribution in [0.4, 0.5) is 11.4 Å². The molecular formula is C37H34N2O6. The molecular weight excluding hydrogens is 568 g/mol. The summed E-state index contributed by atoms with van der Waals surface area (Å²) in [6.07, 6.45) is 2.62. The quantitative estimate of drug-likeness (QED) is 0.235. The van der Waals surface area contributed by atoms with Crippen LogP contribution in [0.3, 0.4) is 0 Å². The number of rotatable bonds is 4. The van der Waals surface area contributed by atoms with Crippen LogP contribution in [0.5, 0.6) is 5.75 Å². The largest absolute Gasteiger partial charge is 0.507 e. The van der Waals surface area contributed by atoms with E-state index < -0.39 is 35.0 Å². The van der Waals surface area contributed by atoms with Crippen LogP contribution in [0.25, 0.3) is 0 Å². The minimum absolute atomic E-state index is 0.112. The number of para-hydroxylation sites is 1. The molecule has 8 nitrogen and oxygen atoms in total. The van der Waals surface area contributed by atoms with Gasteiger partial charge >= 0.3 is 0 Å². The molecule has 0 spiro atoms. The van der Waals surface area contributed by atoms with Crippen molar-refractivity contribution >= 4 is 40.8 Å². The lowest BCUT2D eigenvalue weighted by molar-refractivity contribution is -0.131. The number of phenolic OH excluding ortho intramolecular Hbond substituents is 1. The molecule has 0 aromatic heterocycles. The molecule has 228 valence electrons. The van der Waals surface area contributed by atoms with Crippen molar-refractivity contribution < 1.29 is 29.1 Å². The summed E-state index contributed by atoms with van der Waals surface area (Å²) in [5, 5.41) is 10.6. The number of imide groups is 2. The lowest BCUT2D eigenvalue weighted by atomic mass is 9.51. The van der Waals surface area contributed by atoms with Gasteiger partial charge in [0.05, 0.1) is 34.5 Å². The Morgan fingerprint density at radius 1 is 0.822 bits per heavy atom. The molecule has 6 unspecified atom stereocenters. The van der Waals surface area contributed by atoms with Gasteiger partial charge in [-0.05, 0) is 99.5 Å². The van der Waals surface area contributed by atoms with Gasteiger partial charge in [-0.1, -0.05) is 42.0 Å². The highest BCUT2D eigenvalue weighted by molar-refractivity contribution is 6.25. The molecule has 4 aliphatic rings. The number of carbonyl (C=O) groups excluding carboxylic acids is 5. The summed E-state index contributed by atoms with van der Waals surface area (Å²) in [7, 11) is 0. The highest BCUT2D eigenvalue weighted by Gasteiger charge is 2.67. The second-order valence-electron chi connectivity index (χ2n) is 13.1. The van der Waals surface area contributed by atoms with E-state index in [4.69, 9.17) is 0 Å². The Hall–Kier alpha value is -4.85. The molecule has 2 saturated heterocycles. The maximum absolute atomic E-state index is 14.5. The van der Waals surface area contributed by atoms with E-state index in [1.165, 1.54) is 16.7 Å². The fourth-order valence-corrected chi connectivity index (χ4v) is 8.47. The van der Waals surface area contributed by atoms with Crippen LogP contribution in [0.1, 0.15) is 59.7 Å². The minimum atomic E-state index is -1.15. The third kappa shape index (κ3) is 4.01. The van der Waals surface area contributed by atoms with Crippen LogP contribution in [-0.2, 0) is 19.2 Å². The van der Waals surface area contributed by atoms with Crippen LogP contribution >= 0.6 is 0 Å². The van der Waals surface area contributed by atoms with Crippen molar-refractivity contribution in [3.63, 3.8) is 0 Å². The number of amides is 4. The first-order chi connectivity index (χ1) is 21.4. The molecule has 8 heteroatoms. The fraction of sp³-hybridized carbons (Fsp3) is 0.324. The van der Waals surface area contributed by atoms with E-state index in [1.807, 2.05) is 45.0 Å². The average molecular weight is 603 g/mol. The van der Waals surface area contributed by atoms with Crippen molar-refractivity contribution in [2.75, 3.05) is 9.80 Å². The van der Waals surface area contributed by atoms with Gasteiger partial charge in [-0.2, -0.15) is 0 Å². The fourth-order valence-electron chi connectivity index (χ4n) is 8.47. The zero-order chi connectivity index (χ0) is 31.9. The molecule has 2 aliphatic carbocycles. The summed E-state index contributed by atoms with van der Waals surface area (Å²) in [6.45, 7) is 6.94. The highest BCUT2D eigenvalue weighted by atomic mass is 16.3. The molecule has 1 N–H and O–H groups in total. The monoisotopic (exact) mass is 602 g/mol. The summed E-state index contributed by atoms with van der Waals surface area (Å²) >= 11 is 0. The van der Waals surface area contributed by atoms with Gasteiger partial charge in [0.1, 0.15) is 5.75 Å². The number of hydrogen-bond donors (Lipinski definition) is 1. The van der Waals surface area contributed by atoms with Gasteiger partial charge in [0, 0.05) is 11.5 Å². The number of aromatic hydroxyl groups is 1. The number of ketones is 1. The number of carbonyl (C=O) groups is 5. The Labute approximate surface area is 261 Å². The summed E-state index contributed by atoms with van der Waals surface area (Å²) < 4.78 is 0. The molecule has 0 bridgehead atoms. The molecule has 3 fully saturated rings. The third-order valence-corrected chi connectivity index (χ3v) is 10.7. The minimum Gasteiger partial charge on any atom is -0.507 e. The summed E-state index contributed by atoms with van der Waals surface area (Å²) in [6, 6.07) is 19.1. The first kappa shape index (κ1) is 28.9. The molecule has 45 heavy (non-hydrogen) atoms. The van der Waals surface area contributed by atoms with Crippen LogP contribution < -0.4 is 9.80 Å². The molecule has 4 amide bonds. The average Bonchev–Trinajstić information content (AvgIpc) is 3.39. The maximum atomic E-state index is 14.5. The highest BCUT2D eigenvalue weighted by Crippen LogP contribution is 2.64. The van der Waals surface area contributed by atoms with Crippen molar-refractivity contribution in [2.24, 2.45) is 29.1 Å². The molecule has 2 heterocycles. The number of benzene rings is 3. The van der Waals surface area contributed by atoms with E-state index >= 15 is 0 Å². The lowest BCUT2D eigenvalue weighted by Gasteiger charge is -2.49. The maximum Gasteiger partial charge on any atom is 0.241 e. The van der Waals surface area contributed by atoms with Crippen molar-refractivity contribution in [1.82, 2.24) is 0 Å². The number of allylic oxidation sites excluding steroid dienone is 2. The van der Waals surface area contributed by atoms with Crippen LogP contribution in [-0.4, -0.2) is 34.5 Å². The molecule has 0 radical (unpaired) electrons. The first-order valence-corrected chi connectivity index (χ1v) is 15.4. The summed E-state index contributed by atoms with van der Waals surface area (Å²) in [4.78, 5) is 71.2. The lowest BCUT2D eigenvalue weighted by Crippen LogP contribution is -2.49. The number of phenols is 1. The van der Waals surface area contributed by atoms with Crippen molar-refractivity contribution in [2.45, 2.75) is 46.5 Å². The molecule has 7 rings (SSSR count). The van der Waals surface area contributed by atoms with Crippen LogP contribution in [0.2, 0.25) is 0 Å². The molecule has 1 saturated carbocycles. The Kier molecular flexibility index (Phi) is 6.48. The zero-order valence-corrected chi connectivity index (χ0v) is 25.6. The second-order valence-corrected chi connectivity index (χ2v) is 13.1. The standard InChI is InChI=1S/C37H34N2O6/c1-19-16-23(17-20(2)32(19)41)31-26-14-15-27-30(35(44)38(33(27)42)25-12-10-22(11-13-25)21(3)40)28(26)18-29-34(43)39(36(45)37(29,31)4)24-8-6-5-7-9-24/h5-14,16-17,27-31,41H,15,18H2,1-4H3. The Balaban J connectivity index is 1.36. The van der Waals surface area contributed by atoms with Crippen LogP contribution in [0.15, 0.2) is 78.4 Å². The van der Waals surface area contributed by atoms with Crippen molar-refractivity contribution in [3.05, 3.63) is 101 Å². The first-order valence-electron chi connectivity index (χ1n) is 15.4. The van der Waals surface area contributed by atoms with Crippen molar-refractivity contribution in [3.8, 4) is 5.75 Å². The van der Waals surface area contributed by atoms with E-state index in [1.54, 1.807) is 48.5 Å². The van der Waals surface area contributed by atoms with Gasteiger partial charge in [0.15, 0.2) is 5.78 Å². The van der Waals surface area contributed by atoms with E-state index in [0.29, 0.717) is 34.5 Å². The number of anilines is 2. The van der Waals surface area contributed by atoms with E-state index in [0.717, 1.165) is 11.1 Å². The SMILES string of the molecule is CC(=O)c1ccc(N2C(=O)C3CC=C4C(CC5C(=O)N(c6ccccc6)C(=O)C5(C)C4c4cc(C)c(O)c(C)c4)C3C2=O)cc1. The predicted molar refractivity (Wildman–Crippen MR) is 168 cm³/mol. The third-order valence-electron chi connectivity index (χ3n) is 10.7. The molecule has 6 atom stereocenters. The molecule has 3 aromatic carbocycles. The van der Waals surface area contributed by atoms with Crippen LogP contribution in [0, 0.1) is 42.9 Å².